The molecular formula is C13H17ClN2O4S. The molecule has 0 saturated carbocycles. The Morgan fingerprint density at radius 2 is 2.19 bits per heavy atom. The number of rotatable bonds is 6. The Bertz CT molecular complexity index is 742. The van der Waals surface area contributed by atoms with Crippen molar-refractivity contribution in [3.05, 3.63) is 29.6 Å². The van der Waals surface area contributed by atoms with Gasteiger partial charge in [0, 0.05) is 25.5 Å². The summed E-state index contributed by atoms with van der Waals surface area (Å²) in [5.74, 6) is 0.777. The van der Waals surface area contributed by atoms with E-state index in [1.807, 2.05) is 0 Å². The third-order valence-electron chi connectivity index (χ3n) is 3.16. The summed E-state index contributed by atoms with van der Waals surface area (Å²) in [6.07, 6.45) is 0.152. The number of nitrogens with zero attached hydrogens (tertiary/aromatic N) is 2. The highest BCUT2D eigenvalue weighted by Gasteiger charge is 2.14. The predicted octanol–water partition coefficient (Wildman–Crippen LogP) is 1.46. The van der Waals surface area contributed by atoms with Crippen LogP contribution in [0, 0.1) is 0 Å². The normalized spacial score (nSPS) is 13.7. The molecule has 0 fully saturated rings. The Labute approximate surface area is 128 Å². The number of aromatic nitrogens is 2. The zero-order chi connectivity index (χ0) is 15.6. The van der Waals surface area contributed by atoms with Crippen LogP contribution in [0.3, 0.4) is 0 Å². The van der Waals surface area contributed by atoms with Crippen molar-refractivity contribution in [1.82, 2.24) is 9.55 Å². The Morgan fingerprint density at radius 3 is 2.76 bits per heavy atom. The molecule has 116 valence electrons. The number of aliphatic hydroxyl groups is 1. The van der Waals surface area contributed by atoms with Gasteiger partial charge in [-0.25, -0.2) is 13.4 Å². The molecule has 0 radical (unpaired) electrons. The van der Waals surface area contributed by atoms with Crippen LogP contribution in [0.5, 0.6) is 0 Å². The molecule has 1 aromatic heterocycles. The van der Waals surface area contributed by atoms with Crippen molar-refractivity contribution in [2.75, 3.05) is 19.1 Å². The summed E-state index contributed by atoms with van der Waals surface area (Å²) in [6, 6.07) is 5.19. The first kappa shape index (κ1) is 16.2. The quantitative estimate of drug-likeness (QED) is 0.639. The Balaban J connectivity index is 2.49. The average molecular weight is 333 g/mol. The summed E-state index contributed by atoms with van der Waals surface area (Å²) in [5, 5.41) is 9.73. The van der Waals surface area contributed by atoms with Crippen molar-refractivity contribution < 1.29 is 18.3 Å². The molecule has 2 rings (SSSR count). The van der Waals surface area contributed by atoms with E-state index in [4.69, 9.17) is 16.3 Å². The summed E-state index contributed by atoms with van der Waals surface area (Å²) in [5.41, 5.74) is 2.00. The van der Waals surface area contributed by atoms with Crippen molar-refractivity contribution in [2.24, 2.45) is 0 Å². The van der Waals surface area contributed by atoms with Crippen molar-refractivity contribution in [3.63, 3.8) is 0 Å². The maximum Gasteiger partial charge on any atom is 0.180 e. The molecule has 2 aromatic rings. The van der Waals surface area contributed by atoms with E-state index < -0.39 is 16.1 Å². The summed E-state index contributed by atoms with van der Waals surface area (Å²) in [6.45, 7) is 0.268. The molecule has 8 heteroatoms. The van der Waals surface area contributed by atoms with Gasteiger partial charge in [-0.2, -0.15) is 0 Å². The molecule has 1 atom stereocenters. The van der Waals surface area contributed by atoms with Gasteiger partial charge in [0.25, 0.3) is 0 Å². The number of ether oxygens (including phenoxy) is 1. The van der Waals surface area contributed by atoms with E-state index in [-0.39, 0.29) is 18.2 Å². The maximum absolute atomic E-state index is 11.4. The van der Waals surface area contributed by atoms with Crippen LogP contribution in [0.2, 0.25) is 0 Å². The fourth-order valence-electron chi connectivity index (χ4n) is 2.09. The second kappa shape index (κ2) is 6.31. The third-order valence-corrected chi connectivity index (χ3v) is 4.33. The number of imidazole rings is 1. The van der Waals surface area contributed by atoms with E-state index in [0.29, 0.717) is 16.9 Å². The summed E-state index contributed by atoms with van der Waals surface area (Å²) in [7, 11) is -1.69. The third kappa shape index (κ3) is 3.74. The van der Waals surface area contributed by atoms with Crippen LogP contribution in [-0.4, -0.2) is 42.2 Å². The molecule has 0 saturated heterocycles. The minimum Gasteiger partial charge on any atom is -0.364 e. The van der Waals surface area contributed by atoms with Gasteiger partial charge in [-0.05, 0) is 12.1 Å². The Morgan fingerprint density at radius 1 is 1.48 bits per heavy atom. The van der Waals surface area contributed by atoms with Crippen molar-refractivity contribution in [3.8, 4) is 0 Å². The van der Waals surface area contributed by atoms with Crippen LogP contribution in [0.1, 0.15) is 17.7 Å². The number of fused-ring (bicyclic) bond motifs is 1. The van der Waals surface area contributed by atoms with Crippen molar-refractivity contribution in [1.29, 1.82) is 0 Å². The standard InChI is InChI=1S/C13H17ClN2O4S/c1-20-13(17)9-3-4-10-11(7-9)16(12(8-14)15-10)5-6-21(2,18)19/h3-4,7,13,17H,5-6,8H2,1-2H3. The van der Waals surface area contributed by atoms with E-state index in [1.165, 1.54) is 13.4 Å². The van der Waals surface area contributed by atoms with Crippen LogP contribution in [0.15, 0.2) is 18.2 Å². The zero-order valence-corrected chi connectivity index (χ0v) is 13.4. The molecule has 1 heterocycles. The SMILES string of the molecule is COC(O)c1ccc2nc(CCl)n(CCS(C)(=O)=O)c2c1. The highest BCUT2D eigenvalue weighted by atomic mass is 35.5. The van der Waals surface area contributed by atoms with E-state index in [1.54, 1.807) is 22.8 Å². The zero-order valence-electron chi connectivity index (χ0n) is 11.8. The molecular weight excluding hydrogens is 316 g/mol. The van der Waals surface area contributed by atoms with Crippen molar-refractivity contribution in [2.45, 2.75) is 18.7 Å². The van der Waals surface area contributed by atoms with Gasteiger partial charge in [-0.3, -0.25) is 0 Å². The van der Waals surface area contributed by atoms with Crippen molar-refractivity contribution >= 4 is 32.5 Å². The van der Waals surface area contributed by atoms with E-state index in [2.05, 4.69) is 4.98 Å². The van der Waals surface area contributed by atoms with Gasteiger partial charge in [-0.15, -0.1) is 11.6 Å². The lowest BCUT2D eigenvalue weighted by Gasteiger charge is -2.10. The maximum atomic E-state index is 11.4. The highest BCUT2D eigenvalue weighted by molar-refractivity contribution is 7.90. The van der Waals surface area contributed by atoms with Gasteiger partial charge in [-0.1, -0.05) is 6.07 Å². The highest BCUT2D eigenvalue weighted by Crippen LogP contribution is 2.23. The summed E-state index contributed by atoms with van der Waals surface area (Å²) in [4.78, 5) is 4.37. The van der Waals surface area contributed by atoms with Crippen LogP contribution in [0.4, 0.5) is 0 Å². The molecule has 0 bridgehead atoms. The number of sulfone groups is 1. The Hall–Kier alpha value is -1.15. The number of halogens is 1. The topological polar surface area (TPSA) is 81.4 Å². The lowest BCUT2D eigenvalue weighted by Crippen LogP contribution is -2.13. The Kier molecular flexibility index (Phi) is 4.88. The van der Waals surface area contributed by atoms with Gasteiger partial charge in [0.15, 0.2) is 6.29 Å². The van der Waals surface area contributed by atoms with Gasteiger partial charge in [0.2, 0.25) is 0 Å². The fourth-order valence-corrected chi connectivity index (χ4v) is 2.81. The van der Waals surface area contributed by atoms with Crippen LogP contribution < -0.4 is 0 Å². The molecule has 0 aliphatic carbocycles. The average Bonchev–Trinajstić information content (AvgIpc) is 2.80. The molecule has 6 nitrogen and oxygen atoms in total. The predicted molar refractivity (Wildman–Crippen MR) is 81.0 cm³/mol. The number of methoxy groups -OCH3 is 1. The molecule has 21 heavy (non-hydrogen) atoms. The first-order chi connectivity index (χ1) is 9.85. The molecule has 0 spiro atoms. The molecule has 0 aliphatic heterocycles. The number of aliphatic hydroxyl groups excluding tert-OH is 1. The summed E-state index contributed by atoms with van der Waals surface area (Å²) < 4.78 is 29.3. The smallest absolute Gasteiger partial charge is 0.180 e. The lowest BCUT2D eigenvalue weighted by molar-refractivity contribution is -0.0768. The number of benzene rings is 1. The van der Waals surface area contributed by atoms with E-state index in [9.17, 15) is 13.5 Å². The fraction of sp³-hybridized carbons (Fsp3) is 0.462. The molecule has 0 amide bonds. The van der Waals surface area contributed by atoms with Gasteiger partial charge < -0.3 is 14.4 Å². The van der Waals surface area contributed by atoms with E-state index in [0.717, 1.165) is 5.52 Å². The number of aryl methyl sites for hydroxylation is 1. The monoisotopic (exact) mass is 332 g/mol. The van der Waals surface area contributed by atoms with Crippen LogP contribution in [-0.2, 0) is 27.0 Å². The second-order valence-electron chi connectivity index (χ2n) is 4.78. The number of hydrogen-bond donors (Lipinski definition) is 1. The van der Waals surface area contributed by atoms with Gasteiger partial charge in [0.1, 0.15) is 15.7 Å². The van der Waals surface area contributed by atoms with Gasteiger partial charge >= 0.3 is 0 Å². The minimum absolute atomic E-state index is 0.000587. The molecule has 1 N–H and O–H groups in total. The van der Waals surface area contributed by atoms with Crippen LogP contribution >= 0.6 is 11.6 Å². The number of hydrogen-bond acceptors (Lipinski definition) is 5. The summed E-state index contributed by atoms with van der Waals surface area (Å²) >= 11 is 5.88. The van der Waals surface area contributed by atoms with Crippen LogP contribution in [0.25, 0.3) is 11.0 Å². The first-order valence-corrected chi connectivity index (χ1v) is 8.89. The molecule has 1 aromatic carbocycles. The largest absolute Gasteiger partial charge is 0.364 e. The number of alkyl halides is 1. The molecule has 1 unspecified atom stereocenters. The minimum atomic E-state index is -3.09. The first-order valence-electron chi connectivity index (χ1n) is 6.29. The van der Waals surface area contributed by atoms with Gasteiger partial charge in [0.05, 0.1) is 22.7 Å². The lowest BCUT2D eigenvalue weighted by atomic mass is 10.2. The molecule has 0 aliphatic rings. The second-order valence-corrected chi connectivity index (χ2v) is 7.31. The van der Waals surface area contributed by atoms with E-state index >= 15 is 0 Å².